The van der Waals surface area contributed by atoms with Gasteiger partial charge in [-0.1, -0.05) is 44.4 Å². The Balaban J connectivity index is 1.74. The zero-order chi connectivity index (χ0) is 25.0. The lowest BCUT2D eigenvalue weighted by atomic mass is 9.95. The summed E-state index contributed by atoms with van der Waals surface area (Å²) in [5, 5.41) is 23.1. The van der Waals surface area contributed by atoms with E-state index in [0.717, 1.165) is 32.1 Å². The number of anilines is 1. The third-order valence-electron chi connectivity index (χ3n) is 6.17. The van der Waals surface area contributed by atoms with E-state index < -0.39 is 10.0 Å². The van der Waals surface area contributed by atoms with Gasteiger partial charge in [-0.2, -0.15) is 8.99 Å². The molecule has 0 spiro atoms. The van der Waals surface area contributed by atoms with Crippen LogP contribution in [0.15, 0.2) is 63.7 Å². The summed E-state index contributed by atoms with van der Waals surface area (Å²) in [5.41, 5.74) is 6.62. The Morgan fingerprint density at radius 1 is 1.14 bits per heavy atom. The van der Waals surface area contributed by atoms with Crippen LogP contribution in [0.5, 0.6) is 11.6 Å². The summed E-state index contributed by atoms with van der Waals surface area (Å²) in [6.45, 7) is 2.20. The second kappa shape index (κ2) is 10.4. The van der Waals surface area contributed by atoms with Crippen molar-refractivity contribution in [3.8, 4) is 17.3 Å². The standard InChI is InChI=1S/C24H30N6O4S/c1-3-29(17-10-6-4-7-11-17)35(32,33)21-15-14-19(34-2)16-20(21)26-27-22-23(25)28-30(24(22)31)18-12-8-5-9-13-18/h5,8-9,12-17,31H,3-4,6-7,10-11H2,1-2H3,(H2,25,28)/b27-26+. The lowest BCUT2D eigenvalue weighted by molar-refractivity contribution is 0.261. The summed E-state index contributed by atoms with van der Waals surface area (Å²) in [6.07, 6.45) is 4.82. The molecule has 0 bridgehead atoms. The number of nitrogens with two attached hydrogens (primary N) is 1. The fraction of sp³-hybridized carbons (Fsp3) is 0.375. The van der Waals surface area contributed by atoms with Gasteiger partial charge in [0.25, 0.3) is 0 Å². The van der Waals surface area contributed by atoms with E-state index in [1.54, 1.807) is 34.6 Å². The lowest BCUT2D eigenvalue weighted by Gasteiger charge is -2.32. The van der Waals surface area contributed by atoms with Crippen molar-refractivity contribution < 1.29 is 18.3 Å². The highest BCUT2D eigenvalue weighted by molar-refractivity contribution is 7.89. The van der Waals surface area contributed by atoms with Gasteiger partial charge in [0.15, 0.2) is 11.5 Å². The molecule has 0 saturated heterocycles. The number of hydrogen-bond acceptors (Lipinski definition) is 8. The van der Waals surface area contributed by atoms with E-state index in [1.807, 2.05) is 13.0 Å². The average molecular weight is 499 g/mol. The Labute approximate surface area is 205 Å². The molecule has 1 aliphatic rings. The number of benzene rings is 2. The van der Waals surface area contributed by atoms with Gasteiger partial charge >= 0.3 is 0 Å². The molecule has 0 radical (unpaired) electrons. The molecule has 0 amide bonds. The maximum atomic E-state index is 13.7. The first-order chi connectivity index (χ1) is 16.9. The number of nitrogens with zero attached hydrogens (tertiary/aromatic N) is 5. The minimum absolute atomic E-state index is 0.0167. The van der Waals surface area contributed by atoms with Gasteiger partial charge in [0.2, 0.25) is 15.9 Å². The van der Waals surface area contributed by atoms with E-state index >= 15 is 0 Å². The van der Waals surface area contributed by atoms with Gasteiger partial charge in [0, 0.05) is 18.7 Å². The van der Waals surface area contributed by atoms with E-state index in [9.17, 15) is 13.5 Å². The highest BCUT2D eigenvalue weighted by Crippen LogP contribution is 2.38. The van der Waals surface area contributed by atoms with Crippen LogP contribution >= 0.6 is 0 Å². The van der Waals surface area contributed by atoms with Gasteiger partial charge in [0.1, 0.15) is 16.3 Å². The smallest absolute Gasteiger partial charge is 0.245 e. The fourth-order valence-corrected chi connectivity index (χ4v) is 6.21. The van der Waals surface area contributed by atoms with Crippen molar-refractivity contribution >= 4 is 27.2 Å². The molecule has 35 heavy (non-hydrogen) atoms. The van der Waals surface area contributed by atoms with E-state index in [0.29, 0.717) is 18.0 Å². The number of azo groups is 1. The molecule has 1 aliphatic carbocycles. The maximum absolute atomic E-state index is 13.7. The highest BCUT2D eigenvalue weighted by atomic mass is 32.2. The quantitative estimate of drug-likeness (QED) is 0.423. The van der Waals surface area contributed by atoms with Crippen LogP contribution in [0.25, 0.3) is 5.69 Å². The Kier molecular flexibility index (Phi) is 7.37. The number of nitrogen functional groups attached to an aromatic ring is 1. The third kappa shape index (κ3) is 5.01. The van der Waals surface area contributed by atoms with Crippen molar-refractivity contribution in [3.63, 3.8) is 0 Å². The van der Waals surface area contributed by atoms with Crippen LogP contribution in [0.3, 0.4) is 0 Å². The lowest BCUT2D eigenvalue weighted by Crippen LogP contribution is -2.41. The molecular weight excluding hydrogens is 468 g/mol. The molecule has 186 valence electrons. The second-order valence-corrected chi connectivity index (χ2v) is 10.2. The van der Waals surface area contributed by atoms with Crippen LogP contribution in [0.4, 0.5) is 17.2 Å². The largest absolute Gasteiger partial charge is 0.497 e. The monoisotopic (exact) mass is 498 g/mol. The minimum atomic E-state index is -3.86. The molecule has 0 unspecified atom stereocenters. The summed E-state index contributed by atoms with van der Waals surface area (Å²) in [6, 6.07) is 13.5. The van der Waals surface area contributed by atoms with E-state index in [2.05, 4.69) is 15.3 Å². The highest BCUT2D eigenvalue weighted by Gasteiger charge is 2.33. The Hall–Kier alpha value is -3.44. The van der Waals surface area contributed by atoms with Gasteiger partial charge < -0.3 is 15.6 Å². The van der Waals surface area contributed by atoms with Crippen molar-refractivity contribution in [3.05, 3.63) is 48.5 Å². The van der Waals surface area contributed by atoms with Gasteiger partial charge in [-0.3, -0.25) is 0 Å². The molecule has 0 aliphatic heterocycles. The number of para-hydroxylation sites is 1. The Morgan fingerprint density at radius 2 is 1.86 bits per heavy atom. The molecule has 1 heterocycles. The summed E-state index contributed by atoms with van der Waals surface area (Å²) in [7, 11) is -2.37. The number of aromatic nitrogens is 2. The SMILES string of the molecule is CCN(C1CCCCC1)S(=O)(=O)c1ccc(OC)cc1/N=N/c1c(N)nn(-c2ccccc2)c1O. The van der Waals surface area contributed by atoms with Crippen LogP contribution < -0.4 is 10.5 Å². The molecule has 3 N–H and O–H groups in total. The first-order valence-corrected chi connectivity index (χ1v) is 13.0. The zero-order valence-electron chi connectivity index (χ0n) is 19.8. The van der Waals surface area contributed by atoms with Gasteiger partial charge in [-0.15, -0.1) is 15.3 Å². The molecule has 1 fully saturated rings. The van der Waals surface area contributed by atoms with Crippen molar-refractivity contribution in [2.45, 2.75) is 50.0 Å². The summed E-state index contributed by atoms with van der Waals surface area (Å²) < 4.78 is 35.5. The molecule has 10 nitrogen and oxygen atoms in total. The molecule has 3 aromatic rings. The molecule has 1 aromatic heterocycles. The number of sulfonamides is 1. The number of rotatable bonds is 8. The summed E-state index contributed by atoms with van der Waals surface area (Å²) in [5.74, 6) is 0.0812. The van der Waals surface area contributed by atoms with Crippen LogP contribution in [0.2, 0.25) is 0 Å². The topological polar surface area (TPSA) is 135 Å². The summed E-state index contributed by atoms with van der Waals surface area (Å²) in [4.78, 5) is 0.0167. The first-order valence-electron chi connectivity index (χ1n) is 11.6. The predicted octanol–water partition coefficient (Wildman–Crippen LogP) is 4.93. The number of aromatic hydroxyl groups is 1. The van der Waals surface area contributed by atoms with Crippen molar-refractivity contribution in [2.75, 3.05) is 19.4 Å². The van der Waals surface area contributed by atoms with Crippen molar-refractivity contribution in [2.24, 2.45) is 10.2 Å². The fourth-order valence-electron chi connectivity index (χ4n) is 4.41. The van der Waals surface area contributed by atoms with Gasteiger partial charge in [-0.05, 0) is 37.1 Å². The third-order valence-corrected chi connectivity index (χ3v) is 8.24. The van der Waals surface area contributed by atoms with Gasteiger partial charge in [0.05, 0.1) is 12.8 Å². The first kappa shape index (κ1) is 24.7. The average Bonchev–Trinajstić information content (AvgIpc) is 3.16. The Morgan fingerprint density at radius 3 is 2.51 bits per heavy atom. The normalized spacial score (nSPS) is 15.2. The molecular formula is C24H30N6O4S. The van der Waals surface area contributed by atoms with Crippen LogP contribution in [0.1, 0.15) is 39.0 Å². The number of ether oxygens (including phenoxy) is 1. The van der Waals surface area contributed by atoms with Crippen LogP contribution in [-0.2, 0) is 10.0 Å². The van der Waals surface area contributed by atoms with Crippen molar-refractivity contribution in [1.82, 2.24) is 14.1 Å². The van der Waals surface area contributed by atoms with E-state index in [-0.39, 0.29) is 34.0 Å². The van der Waals surface area contributed by atoms with E-state index in [4.69, 9.17) is 10.5 Å². The maximum Gasteiger partial charge on any atom is 0.245 e. The molecule has 4 rings (SSSR count). The number of hydrogen-bond donors (Lipinski definition) is 2. The molecule has 1 saturated carbocycles. The van der Waals surface area contributed by atoms with E-state index in [1.165, 1.54) is 23.9 Å². The molecule has 0 atom stereocenters. The summed E-state index contributed by atoms with van der Waals surface area (Å²) >= 11 is 0. The number of methoxy groups -OCH3 is 1. The van der Waals surface area contributed by atoms with Crippen LogP contribution in [-0.4, -0.2) is 47.3 Å². The van der Waals surface area contributed by atoms with Crippen LogP contribution in [0, 0.1) is 0 Å². The van der Waals surface area contributed by atoms with Gasteiger partial charge in [-0.25, -0.2) is 8.42 Å². The predicted molar refractivity (Wildman–Crippen MR) is 133 cm³/mol. The second-order valence-electron chi connectivity index (χ2n) is 8.34. The zero-order valence-corrected chi connectivity index (χ0v) is 20.6. The Bertz CT molecular complexity index is 1300. The molecule has 2 aromatic carbocycles. The minimum Gasteiger partial charge on any atom is -0.497 e. The molecule has 11 heteroatoms. The van der Waals surface area contributed by atoms with Crippen molar-refractivity contribution in [1.29, 1.82) is 0 Å².